The van der Waals surface area contributed by atoms with E-state index < -0.39 is 0 Å². The molecular weight excluding hydrogens is 222 g/mol. The third kappa shape index (κ3) is 3.51. The Balaban J connectivity index is 2.70. The number of nitrogens with two attached hydrogens (primary N) is 1. The van der Waals surface area contributed by atoms with Crippen LogP contribution in [0.2, 0.25) is 0 Å². The zero-order valence-electron chi connectivity index (χ0n) is 9.96. The molecule has 0 saturated carbocycles. The Hall–Kier alpha value is -1.98. The van der Waals surface area contributed by atoms with Crippen molar-refractivity contribution >= 4 is 11.7 Å². The molecule has 1 rings (SSSR count). The lowest BCUT2D eigenvalue weighted by molar-refractivity contribution is 0.0678. The molecule has 1 amide bonds. The first kappa shape index (κ1) is 13.1. The molecule has 0 aromatic carbocycles. The molecular formula is C11H17N3O3. The van der Waals surface area contributed by atoms with Gasteiger partial charge in [0.05, 0.1) is 6.26 Å². The van der Waals surface area contributed by atoms with Crippen molar-refractivity contribution in [2.75, 3.05) is 6.54 Å². The summed E-state index contributed by atoms with van der Waals surface area (Å²) in [5, 5.41) is 11.3. The highest BCUT2D eigenvalue weighted by Gasteiger charge is 2.20. The summed E-state index contributed by atoms with van der Waals surface area (Å²) in [6, 6.07) is 3.29. The van der Waals surface area contributed by atoms with E-state index in [9.17, 15) is 4.79 Å². The van der Waals surface area contributed by atoms with Crippen molar-refractivity contribution in [3.8, 4) is 0 Å². The Bertz CT molecular complexity index is 385. The molecule has 0 fully saturated rings. The van der Waals surface area contributed by atoms with Gasteiger partial charge < -0.3 is 20.3 Å². The van der Waals surface area contributed by atoms with Gasteiger partial charge in [-0.1, -0.05) is 5.16 Å². The van der Waals surface area contributed by atoms with Crippen molar-refractivity contribution < 1.29 is 14.4 Å². The molecule has 1 aromatic heterocycles. The summed E-state index contributed by atoms with van der Waals surface area (Å²) in [6.07, 6.45) is 1.77. The maximum atomic E-state index is 12.0. The summed E-state index contributed by atoms with van der Waals surface area (Å²) < 4.78 is 5.06. The lowest BCUT2D eigenvalue weighted by Crippen LogP contribution is -2.39. The number of carbonyl (C=O) groups excluding carboxylic acids is 1. The second-order valence-corrected chi connectivity index (χ2v) is 3.91. The van der Waals surface area contributed by atoms with Crippen LogP contribution in [0.15, 0.2) is 28.0 Å². The highest BCUT2D eigenvalue weighted by Crippen LogP contribution is 2.09. The van der Waals surface area contributed by atoms with Crippen LogP contribution in [0, 0.1) is 0 Å². The molecule has 0 radical (unpaired) electrons. The van der Waals surface area contributed by atoms with Gasteiger partial charge in [0.2, 0.25) is 0 Å². The van der Waals surface area contributed by atoms with Crippen LogP contribution in [0.4, 0.5) is 0 Å². The Morgan fingerprint density at radius 3 is 2.82 bits per heavy atom. The molecule has 0 bridgehead atoms. The van der Waals surface area contributed by atoms with Gasteiger partial charge in [0.15, 0.2) is 5.76 Å². The number of carbonyl (C=O) groups is 1. The molecule has 6 nitrogen and oxygen atoms in total. The number of nitrogens with zero attached hydrogens (tertiary/aromatic N) is 2. The molecule has 0 aliphatic carbocycles. The van der Waals surface area contributed by atoms with Gasteiger partial charge in [-0.3, -0.25) is 4.79 Å². The molecule has 1 heterocycles. The van der Waals surface area contributed by atoms with Gasteiger partial charge in [0.25, 0.3) is 5.91 Å². The predicted octanol–water partition coefficient (Wildman–Crippen LogP) is 1.27. The van der Waals surface area contributed by atoms with E-state index in [1.807, 2.05) is 13.8 Å². The van der Waals surface area contributed by atoms with E-state index in [4.69, 9.17) is 15.4 Å². The Labute approximate surface area is 99.7 Å². The zero-order chi connectivity index (χ0) is 12.8. The van der Waals surface area contributed by atoms with Crippen LogP contribution in [0.25, 0.3) is 0 Å². The largest absolute Gasteiger partial charge is 0.459 e. The van der Waals surface area contributed by atoms with E-state index in [1.54, 1.807) is 17.0 Å². The van der Waals surface area contributed by atoms with Gasteiger partial charge in [-0.05, 0) is 26.0 Å². The Kier molecular flexibility index (Phi) is 4.56. The summed E-state index contributed by atoms with van der Waals surface area (Å²) in [7, 11) is 0. The Morgan fingerprint density at radius 2 is 2.35 bits per heavy atom. The van der Waals surface area contributed by atoms with E-state index in [0.717, 1.165) is 0 Å². The maximum Gasteiger partial charge on any atom is 0.289 e. The van der Waals surface area contributed by atoms with Crippen LogP contribution in [-0.4, -0.2) is 34.4 Å². The third-order valence-electron chi connectivity index (χ3n) is 2.35. The SMILES string of the molecule is CC(C)N(CC/C(N)=N/O)C(=O)c1ccco1. The van der Waals surface area contributed by atoms with Gasteiger partial charge in [0.1, 0.15) is 5.84 Å². The third-order valence-corrected chi connectivity index (χ3v) is 2.35. The standard InChI is InChI=1S/C11H17N3O3/c1-8(2)14(6-5-10(12)13-16)11(15)9-4-3-7-17-9/h3-4,7-8,16H,5-6H2,1-2H3,(H2,12,13). The van der Waals surface area contributed by atoms with E-state index in [1.165, 1.54) is 6.26 Å². The van der Waals surface area contributed by atoms with Crippen LogP contribution in [0.1, 0.15) is 30.8 Å². The second kappa shape index (κ2) is 5.93. The molecule has 1 aromatic rings. The fraction of sp³-hybridized carbons (Fsp3) is 0.455. The van der Waals surface area contributed by atoms with E-state index in [-0.39, 0.29) is 17.8 Å². The maximum absolute atomic E-state index is 12.0. The summed E-state index contributed by atoms with van der Waals surface area (Å²) in [6.45, 7) is 4.17. The van der Waals surface area contributed by atoms with Gasteiger partial charge in [-0.15, -0.1) is 0 Å². The highest BCUT2D eigenvalue weighted by molar-refractivity contribution is 5.92. The molecule has 17 heavy (non-hydrogen) atoms. The average Bonchev–Trinajstić information content (AvgIpc) is 2.81. The number of furan rings is 1. The first-order valence-corrected chi connectivity index (χ1v) is 5.37. The number of amides is 1. The molecule has 6 heteroatoms. The van der Waals surface area contributed by atoms with Gasteiger partial charge in [-0.2, -0.15) is 0 Å². The molecule has 3 N–H and O–H groups in total. The lowest BCUT2D eigenvalue weighted by Gasteiger charge is -2.25. The molecule has 0 spiro atoms. The first-order chi connectivity index (χ1) is 8.06. The van der Waals surface area contributed by atoms with E-state index in [2.05, 4.69) is 5.16 Å². The van der Waals surface area contributed by atoms with Crippen LogP contribution in [0.5, 0.6) is 0 Å². The summed E-state index contributed by atoms with van der Waals surface area (Å²) >= 11 is 0. The monoisotopic (exact) mass is 239 g/mol. The van der Waals surface area contributed by atoms with Crippen molar-refractivity contribution in [2.24, 2.45) is 10.9 Å². The predicted molar refractivity (Wildman–Crippen MR) is 62.9 cm³/mol. The van der Waals surface area contributed by atoms with Gasteiger partial charge in [-0.25, -0.2) is 0 Å². The van der Waals surface area contributed by atoms with Crippen molar-refractivity contribution in [1.29, 1.82) is 0 Å². The van der Waals surface area contributed by atoms with Crippen LogP contribution < -0.4 is 5.73 Å². The smallest absolute Gasteiger partial charge is 0.289 e. The van der Waals surface area contributed by atoms with Crippen molar-refractivity contribution in [3.63, 3.8) is 0 Å². The van der Waals surface area contributed by atoms with E-state index >= 15 is 0 Å². The number of hydrogen-bond acceptors (Lipinski definition) is 4. The topological polar surface area (TPSA) is 92.1 Å². The number of hydrogen-bond donors (Lipinski definition) is 2. The second-order valence-electron chi connectivity index (χ2n) is 3.91. The van der Waals surface area contributed by atoms with Crippen LogP contribution >= 0.6 is 0 Å². The fourth-order valence-electron chi connectivity index (χ4n) is 1.42. The summed E-state index contributed by atoms with van der Waals surface area (Å²) in [4.78, 5) is 13.6. The normalized spacial score (nSPS) is 11.8. The molecule has 0 aliphatic heterocycles. The molecule has 0 atom stereocenters. The molecule has 0 unspecified atom stereocenters. The quantitative estimate of drug-likeness (QED) is 0.350. The summed E-state index contributed by atoms with van der Waals surface area (Å²) in [5.41, 5.74) is 5.38. The lowest BCUT2D eigenvalue weighted by atomic mass is 10.2. The summed E-state index contributed by atoms with van der Waals surface area (Å²) in [5.74, 6) is 0.192. The van der Waals surface area contributed by atoms with Crippen molar-refractivity contribution in [1.82, 2.24) is 4.90 Å². The van der Waals surface area contributed by atoms with Gasteiger partial charge >= 0.3 is 0 Å². The number of rotatable bonds is 5. The average molecular weight is 239 g/mol. The van der Waals surface area contributed by atoms with Crippen molar-refractivity contribution in [2.45, 2.75) is 26.3 Å². The van der Waals surface area contributed by atoms with Crippen molar-refractivity contribution in [3.05, 3.63) is 24.2 Å². The van der Waals surface area contributed by atoms with E-state index in [0.29, 0.717) is 18.7 Å². The molecule has 0 saturated heterocycles. The minimum absolute atomic E-state index is 0.0130. The number of oxime groups is 1. The first-order valence-electron chi connectivity index (χ1n) is 5.37. The molecule has 0 aliphatic rings. The Morgan fingerprint density at radius 1 is 1.65 bits per heavy atom. The molecule has 94 valence electrons. The highest BCUT2D eigenvalue weighted by atomic mass is 16.4. The van der Waals surface area contributed by atoms with Crippen LogP contribution in [0.3, 0.4) is 0 Å². The zero-order valence-corrected chi connectivity index (χ0v) is 9.96. The minimum Gasteiger partial charge on any atom is -0.459 e. The van der Waals surface area contributed by atoms with Gasteiger partial charge in [0, 0.05) is 19.0 Å². The fourth-order valence-corrected chi connectivity index (χ4v) is 1.42. The van der Waals surface area contributed by atoms with Crippen LogP contribution in [-0.2, 0) is 0 Å². The number of amidine groups is 1. The minimum atomic E-state index is -0.198.